The molecule has 0 rings (SSSR count). The maximum Gasteiger partial charge on any atom is 1.00 e. The standard InChI is InChI=1S/C16H30O7S.Na/c1-2-3-4-5-6-7-8-9-10-11-12-23-15(17)13-14(16(18)19)24(20,21)22;/h14H,2-13H2,1H3,(H,18,19)(H,20,21,22);/q;+1/p-1. The van der Waals surface area contributed by atoms with Crippen molar-refractivity contribution in [1.82, 2.24) is 0 Å². The number of aliphatic carboxylic acids is 1. The van der Waals surface area contributed by atoms with Crippen LogP contribution in [0.5, 0.6) is 0 Å². The molecular formula is C16H29NaO7S. The molecule has 0 aromatic rings. The van der Waals surface area contributed by atoms with Gasteiger partial charge in [0.2, 0.25) is 0 Å². The summed E-state index contributed by atoms with van der Waals surface area (Å²) in [5.74, 6) is -2.81. The molecule has 0 spiro atoms. The topological polar surface area (TPSA) is 121 Å². The minimum atomic E-state index is -5.06. The Hall–Kier alpha value is -0.150. The number of carboxylic acids is 1. The number of carboxylic acid groups (broad SMARTS) is 1. The zero-order valence-electron chi connectivity index (χ0n) is 15.4. The Bertz CT molecular complexity index is 465. The zero-order valence-corrected chi connectivity index (χ0v) is 18.2. The summed E-state index contributed by atoms with van der Waals surface area (Å²) in [6.07, 6.45) is 10.3. The second-order valence-corrected chi connectivity index (χ2v) is 7.48. The third kappa shape index (κ3) is 15.8. The van der Waals surface area contributed by atoms with Gasteiger partial charge in [0, 0.05) is 0 Å². The van der Waals surface area contributed by atoms with Crippen LogP contribution in [0.25, 0.3) is 0 Å². The Morgan fingerprint density at radius 2 is 1.40 bits per heavy atom. The fourth-order valence-corrected chi connectivity index (χ4v) is 2.89. The Kier molecular flexibility index (Phi) is 17.4. The van der Waals surface area contributed by atoms with Gasteiger partial charge in [-0.3, -0.25) is 9.59 Å². The van der Waals surface area contributed by atoms with Crippen LogP contribution in [0.1, 0.15) is 77.6 Å². The van der Waals surface area contributed by atoms with Crippen molar-refractivity contribution in [1.29, 1.82) is 0 Å². The Balaban J connectivity index is 0. The molecule has 0 amide bonds. The van der Waals surface area contributed by atoms with Crippen molar-refractivity contribution in [3.8, 4) is 0 Å². The van der Waals surface area contributed by atoms with E-state index in [1.807, 2.05) is 0 Å². The molecule has 0 radical (unpaired) electrons. The monoisotopic (exact) mass is 388 g/mol. The molecule has 7 nitrogen and oxygen atoms in total. The minimum Gasteiger partial charge on any atom is -0.747 e. The molecule has 1 unspecified atom stereocenters. The summed E-state index contributed by atoms with van der Waals surface area (Å²) in [6.45, 7) is 2.30. The van der Waals surface area contributed by atoms with E-state index in [4.69, 9.17) is 9.84 Å². The number of esters is 1. The van der Waals surface area contributed by atoms with Gasteiger partial charge in [0.05, 0.1) is 13.0 Å². The van der Waals surface area contributed by atoms with Crippen LogP contribution in [0.15, 0.2) is 0 Å². The van der Waals surface area contributed by atoms with E-state index in [1.165, 1.54) is 38.5 Å². The summed E-state index contributed by atoms with van der Waals surface area (Å²) in [5, 5.41) is 6.35. The molecule has 0 aliphatic heterocycles. The average molecular weight is 388 g/mol. The van der Waals surface area contributed by atoms with Crippen molar-refractivity contribution in [2.45, 2.75) is 82.8 Å². The summed E-state index contributed by atoms with van der Waals surface area (Å²) in [7, 11) is -5.06. The molecule has 0 aliphatic rings. The Morgan fingerprint density at radius 1 is 0.960 bits per heavy atom. The fraction of sp³-hybridized carbons (Fsp3) is 0.875. The number of ether oxygens (including phenoxy) is 1. The Labute approximate surface area is 172 Å². The van der Waals surface area contributed by atoms with Gasteiger partial charge in [-0.05, 0) is 6.42 Å². The maximum atomic E-state index is 11.4. The van der Waals surface area contributed by atoms with E-state index < -0.39 is 33.7 Å². The molecule has 0 bridgehead atoms. The number of carbonyl (C=O) groups excluding carboxylic acids is 1. The second kappa shape index (κ2) is 16.1. The van der Waals surface area contributed by atoms with Crippen molar-refractivity contribution in [2.24, 2.45) is 0 Å². The van der Waals surface area contributed by atoms with Crippen molar-refractivity contribution in [3.05, 3.63) is 0 Å². The van der Waals surface area contributed by atoms with E-state index in [0.717, 1.165) is 19.3 Å². The third-order valence-corrected chi connectivity index (χ3v) is 4.80. The minimum absolute atomic E-state index is 0. The van der Waals surface area contributed by atoms with Gasteiger partial charge in [-0.1, -0.05) is 64.7 Å². The Morgan fingerprint density at radius 3 is 1.80 bits per heavy atom. The van der Waals surface area contributed by atoms with Crippen LogP contribution in [0.3, 0.4) is 0 Å². The normalized spacial score (nSPS) is 12.2. The maximum absolute atomic E-state index is 11.4. The molecule has 1 atom stereocenters. The quantitative estimate of drug-likeness (QED) is 0.179. The first kappa shape index (κ1) is 27.1. The van der Waals surface area contributed by atoms with Gasteiger partial charge in [-0.2, -0.15) is 0 Å². The summed E-state index contributed by atoms with van der Waals surface area (Å²) >= 11 is 0. The van der Waals surface area contributed by atoms with E-state index in [-0.39, 0.29) is 36.2 Å². The SMILES string of the molecule is CCCCCCCCCCCCOC(=O)CC(C(=O)O)S(=O)(=O)[O-].[Na+]. The molecule has 0 saturated heterocycles. The first-order valence-corrected chi connectivity index (χ1v) is 10.1. The average Bonchev–Trinajstić information content (AvgIpc) is 2.48. The molecule has 1 N–H and O–H groups in total. The van der Waals surface area contributed by atoms with E-state index in [1.54, 1.807) is 0 Å². The van der Waals surface area contributed by atoms with E-state index in [0.29, 0.717) is 6.42 Å². The van der Waals surface area contributed by atoms with Crippen LogP contribution in [-0.4, -0.2) is 41.9 Å². The van der Waals surface area contributed by atoms with Gasteiger partial charge < -0.3 is 14.4 Å². The van der Waals surface area contributed by atoms with Gasteiger partial charge in [-0.15, -0.1) is 0 Å². The van der Waals surface area contributed by atoms with Gasteiger partial charge in [-0.25, -0.2) is 8.42 Å². The first-order chi connectivity index (χ1) is 11.3. The molecule has 25 heavy (non-hydrogen) atoms. The van der Waals surface area contributed by atoms with Crippen LogP contribution >= 0.6 is 0 Å². The molecule has 0 aliphatic carbocycles. The van der Waals surface area contributed by atoms with Crippen LogP contribution in [0, 0.1) is 0 Å². The van der Waals surface area contributed by atoms with Crippen LogP contribution < -0.4 is 29.6 Å². The van der Waals surface area contributed by atoms with E-state index >= 15 is 0 Å². The predicted molar refractivity (Wildman–Crippen MR) is 88.5 cm³/mol. The largest absolute Gasteiger partial charge is 1.00 e. The number of unbranched alkanes of at least 4 members (excludes halogenated alkanes) is 9. The molecule has 0 saturated carbocycles. The number of carbonyl (C=O) groups is 2. The fourth-order valence-electron chi connectivity index (χ4n) is 2.30. The number of hydrogen-bond donors (Lipinski definition) is 1. The molecule has 0 heterocycles. The molecule has 9 heteroatoms. The van der Waals surface area contributed by atoms with Gasteiger partial charge >= 0.3 is 41.5 Å². The smallest absolute Gasteiger partial charge is 0.747 e. The first-order valence-electron chi connectivity index (χ1n) is 8.62. The van der Waals surface area contributed by atoms with Crippen molar-refractivity contribution >= 4 is 22.1 Å². The number of hydrogen-bond acceptors (Lipinski definition) is 6. The van der Waals surface area contributed by atoms with Crippen molar-refractivity contribution < 1.29 is 62.0 Å². The second-order valence-electron chi connectivity index (χ2n) is 5.93. The summed E-state index contributed by atoms with van der Waals surface area (Å²) in [5.41, 5.74) is 0. The molecular weight excluding hydrogens is 359 g/mol. The predicted octanol–water partition coefficient (Wildman–Crippen LogP) is -0.157. The van der Waals surface area contributed by atoms with E-state index in [9.17, 15) is 22.6 Å². The van der Waals surface area contributed by atoms with Crippen molar-refractivity contribution in [2.75, 3.05) is 6.61 Å². The van der Waals surface area contributed by atoms with Crippen molar-refractivity contribution in [3.63, 3.8) is 0 Å². The summed E-state index contributed by atoms with van der Waals surface area (Å²) in [4.78, 5) is 22.0. The molecule has 0 aromatic heterocycles. The van der Waals surface area contributed by atoms with E-state index in [2.05, 4.69) is 6.92 Å². The molecule has 0 fully saturated rings. The van der Waals surface area contributed by atoms with Gasteiger partial charge in [0.25, 0.3) is 0 Å². The van der Waals surface area contributed by atoms with Gasteiger partial charge in [0.1, 0.15) is 10.1 Å². The third-order valence-electron chi connectivity index (χ3n) is 3.74. The van der Waals surface area contributed by atoms with Crippen LogP contribution in [-0.2, 0) is 24.4 Å². The van der Waals surface area contributed by atoms with Crippen LogP contribution in [0.2, 0.25) is 0 Å². The van der Waals surface area contributed by atoms with Gasteiger partial charge in [0.15, 0.2) is 5.25 Å². The molecule has 142 valence electrons. The number of rotatable bonds is 15. The van der Waals surface area contributed by atoms with Crippen LogP contribution in [0.4, 0.5) is 0 Å². The summed E-state index contributed by atoms with van der Waals surface area (Å²) in [6, 6.07) is 0. The summed E-state index contributed by atoms with van der Waals surface area (Å²) < 4.78 is 37.0. The molecule has 0 aromatic carbocycles. The zero-order chi connectivity index (χ0) is 18.4.